The molecule has 1 fully saturated rings. The quantitative estimate of drug-likeness (QED) is 0.744. The Labute approximate surface area is 72.2 Å². The zero-order chi connectivity index (χ0) is 8.60. The molecule has 2 rings (SSSR count). The van der Waals surface area contributed by atoms with Crippen LogP contribution in [0, 0.1) is 5.41 Å². The van der Waals surface area contributed by atoms with Gasteiger partial charge in [0.2, 0.25) is 0 Å². The van der Waals surface area contributed by atoms with Gasteiger partial charge in [-0.2, -0.15) is 0 Å². The number of furan rings is 1. The largest absolute Gasteiger partial charge is 0.472 e. The van der Waals surface area contributed by atoms with Gasteiger partial charge in [0, 0.05) is 6.42 Å². The molecule has 0 spiro atoms. The molecule has 0 bridgehead atoms. The standard InChI is InChI=1S/C10H14O2/c1-10(3-4-10)9(11)6-8-2-5-12-7-8/h2,5,7,9,11H,3-4,6H2,1H3. The zero-order valence-electron chi connectivity index (χ0n) is 7.29. The maximum Gasteiger partial charge on any atom is 0.0935 e. The molecule has 1 aliphatic carbocycles. The second-order valence-corrected chi connectivity index (χ2v) is 4.01. The van der Waals surface area contributed by atoms with E-state index >= 15 is 0 Å². The van der Waals surface area contributed by atoms with Crippen molar-refractivity contribution in [3.8, 4) is 0 Å². The topological polar surface area (TPSA) is 33.4 Å². The van der Waals surface area contributed by atoms with Crippen molar-refractivity contribution in [2.45, 2.75) is 32.3 Å². The van der Waals surface area contributed by atoms with Gasteiger partial charge in [0.05, 0.1) is 18.6 Å². The second kappa shape index (κ2) is 2.63. The third-order valence-corrected chi connectivity index (χ3v) is 2.85. The number of aliphatic hydroxyl groups excluding tert-OH is 1. The zero-order valence-corrected chi connectivity index (χ0v) is 7.29. The molecule has 1 saturated carbocycles. The molecule has 1 aliphatic rings. The molecule has 0 aliphatic heterocycles. The van der Waals surface area contributed by atoms with Crippen LogP contribution in [0.1, 0.15) is 25.3 Å². The Kier molecular flexibility index (Phi) is 1.72. The van der Waals surface area contributed by atoms with Crippen LogP contribution < -0.4 is 0 Å². The molecule has 0 radical (unpaired) electrons. The summed E-state index contributed by atoms with van der Waals surface area (Å²) >= 11 is 0. The predicted octanol–water partition coefficient (Wildman–Crippen LogP) is 1.98. The van der Waals surface area contributed by atoms with Gasteiger partial charge in [0.25, 0.3) is 0 Å². The number of hydrogen-bond donors (Lipinski definition) is 1. The summed E-state index contributed by atoms with van der Waals surface area (Å²) in [6.45, 7) is 2.14. The van der Waals surface area contributed by atoms with Crippen LogP contribution in [0.25, 0.3) is 0 Å². The highest BCUT2D eigenvalue weighted by Gasteiger charge is 2.43. The van der Waals surface area contributed by atoms with E-state index in [1.54, 1.807) is 12.5 Å². The molecule has 0 amide bonds. The Morgan fingerprint density at radius 1 is 1.67 bits per heavy atom. The van der Waals surface area contributed by atoms with Gasteiger partial charge in [-0.15, -0.1) is 0 Å². The minimum absolute atomic E-state index is 0.192. The van der Waals surface area contributed by atoms with Crippen LogP contribution >= 0.6 is 0 Å². The van der Waals surface area contributed by atoms with E-state index in [2.05, 4.69) is 6.92 Å². The van der Waals surface area contributed by atoms with Crippen molar-refractivity contribution in [2.75, 3.05) is 0 Å². The summed E-state index contributed by atoms with van der Waals surface area (Å²) in [6, 6.07) is 1.91. The van der Waals surface area contributed by atoms with E-state index in [0.717, 1.165) is 24.8 Å². The van der Waals surface area contributed by atoms with Crippen molar-refractivity contribution in [1.29, 1.82) is 0 Å². The monoisotopic (exact) mass is 166 g/mol. The van der Waals surface area contributed by atoms with E-state index in [1.807, 2.05) is 6.07 Å². The second-order valence-electron chi connectivity index (χ2n) is 4.01. The fourth-order valence-corrected chi connectivity index (χ4v) is 1.41. The first-order valence-electron chi connectivity index (χ1n) is 4.40. The number of aliphatic hydroxyl groups is 1. The van der Waals surface area contributed by atoms with Crippen LogP contribution in [0.15, 0.2) is 23.0 Å². The predicted molar refractivity (Wildman–Crippen MR) is 45.8 cm³/mol. The molecule has 0 aromatic carbocycles. The van der Waals surface area contributed by atoms with Gasteiger partial charge in [-0.25, -0.2) is 0 Å². The van der Waals surface area contributed by atoms with Crippen LogP contribution in [-0.4, -0.2) is 11.2 Å². The van der Waals surface area contributed by atoms with E-state index < -0.39 is 0 Å². The van der Waals surface area contributed by atoms with Gasteiger partial charge in [0.15, 0.2) is 0 Å². The van der Waals surface area contributed by atoms with Crippen LogP contribution in [0.2, 0.25) is 0 Å². The summed E-state index contributed by atoms with van der Waals surface area (Å²) < 4.78 is 4.94. The lowest BCUT2D eigenvalue weighted by Crippen LogP contribution is -2.21. The molecule has 1 unspecified atom stereocenters. The first-order chi connectivity index (χ1) is 5.71. The smallest absolute Gasteiger partial charge is 0.0935 e. The van der Waals surface area contributed by atoms with Crippen LogP contribution in [0.4, 0.5) is 0 Å². The molecular weight excluding hydrogens is 152 g/mol. The maximum absolute atomic E-state index is 9.78. The highest BCUT2D eigenvalue weighted by atomic mass is 16.3. The Hall–Kier alpha value is -0.760. The van der Waals surface area contributed by atoms with Crippen LogP contribution in [0.3, 0.4) is 0 Å². The van der Waals surface area contributed by atoms with E-state index in [9.17, 15) is 5.11 Å². The third-order valence-electron chi connectivity index (χ3n) is 2.85. The summed E-state index contributed by atoms with van der Waals surface area (Å²) in [7, 11) is 0. The van der Waals surface area contributed by atoms with E-state index in [-0.39, 0.29) is 11.5 Å². The molecule has 1 N–H and O–H groups in total. The summed E-state index contributed by atoms with van der Waals surface area (Å²) in [5.41, 5.74) is 1.28. The molecule has 1 aromatic heterocycles. The van der Waals surface area contributed by atoms with Crippen molar-refractivity contribution < 1.29 is 9.52 Å². The van der Waals surface area contributed by atoms with Crippen molar-refractivity contribution in [1.82, 2.24) is 0 Å². The minimum atomic E-state index is -0.199. The van der Waals surface area contributed by atoms with Gasteiger partial charge < -0.3 is 9.52 Å². The Morgan fingerprint density at radius 3 is 2.92 bits per heavy atom. The third kappa shape index (κ3) is 1.39. The summed E-state index contributed by atoms with van der Waals surface area (Å²) in [4.78, 5) is 0. The van der Waals surface area contributed by atoms with Gasteiger partial charge in [0.1, 0.15) is 0 Å². The first kappa shape index (κ1) is 7.87. The van der Waals surface area contributed by atoms with E-state index in [4.69, 9.17) is 4.42 Å². The Bertz CT molecular complexity index is 247. The van der Waals surface area contributed by atoms with Crippen molar-refractivity contribution in [2.24, 2.45) is 5.41 Å². The Morgan fingerprint density at radius 2 is 2.42 bits per heavy atom. The molecule has 1 aromatic rings. The highest BCUT2D eigenvalue weighted by Crippen LogP contribution is 2.48. The van der Waals surface area contributed by atoms with E-state index in [1.165, 1.54) is 0 Å². The fourth-order valence-electron chi connectivity index (χ4n) is 1.41. The molecular formula is C10H14O2. The lowest BCUT2D eigenvalue weighted by atomic mass is 9.97. The van der Waals surface area contributed by atoms with Crippen molar-refractivity contribution >= 4 is 0 Å². The average Bonchev–Trinajstić information content (AvgIpc) is 2.63. The maximum atomic E-state index is 9.78. The van der Waals surface area contributed by atoms with E-state index in [0.29, 0.717) is 0 Å². The number of hydrogen-bond acceptors (Lipinski definition) is 2. The van der Waals surface area contributed by atoms with Gasteiger partial charge in [-0.05, 0) is 29.9 Å². The summed E-state index contributed by atoms with van der Waals surface area (Å²) in [6.07, 6.45) is 6.20. The normalized spacial score (nSPS) is 22.2. The van der Waals surface area contributed by atoms with Crippen molar-refractivity contribution in [3.05, 3.63) is 24.2 Å². The lowest BCUT2D eigenvalue weighted by Gasteiger charge is -2.15. The molecule has 66 valence electrons. The van der Waals surface area contributed by atoms with Gasteiger partial charge >= 0.3 is 0 Å². The Balaban J connectivity index is 1.95. The summed E-state index contributed by atoms with van der Waals surface area (Å²) in [5.74, 6) is 0. The first-order valence-corrected chi connectivity index (χ1v) is 4.40. The molecule has 12 heavy (non-hydrogen) atoms. The average molecular weight is 166 g/mol. The molecule has 2 heteroatoms. The summed E-state index contributed by atoms with van der Waals surface area (Å²) in [5, 5.41) is 9.78. The highest BCUT2D eigenvalue weighted by molar-refractivity contribution is 5.09. The van der Waals surface area contributed by atoms with Gasteiger partial charge in [-0.3, -0.25) is 0 Å². The van der Waals surface area contributed by atoms with Crippen LogP contribution in [0.5, 0.6) is 0 Å². The lowest BCUT2D eigenvalue weighted by molar-refractivity contribution is 0.103. The molecule has 1 heterocycles. The van der Waals surface area contributed by atoms with Crippen LogP contribution in [-0.2, 0) is 6.42 Å². The molecule has 1 atom stereocenters. The SMILES string of the molecule is CC1(C(O)Cc2ccoc2)CC1. The number of rotatable bonds is 3. The fraction of sp³-hybridized carbons (Fsp3) is 0.600. The minimum Gasteiger partial charge on any atom is -0.472 e. The van der Waals surface area contributed by atoms with Gasteiger partial charge in [-0.1, -0.05) is 6.92 Å². The van der Waals surface area contributed by atoms with Crippen molar-refractivity contribution in [3.63, 3.8) is 0 Å². The molecule has 0 saturated heterocycles. The molecule has 2 nitrogen and oxygen atoms in total.